The zero-order chi connectivity index (χ0) is 20.0. The highest BCUT2D eigenvalue weighted by molar-refractivity contribution is 14.0. The minimum absolute atomic E-state index is 0. The number of aryl methyl sites for hydroxylation is 1. The SMILES string of the molecule is CCCCOCCCNC(=NCC(c1ccc(C)o1)N1CCOCC1)NCC.I. The molecule has 2 heterocycles. The van der Waals surface area contributed by atoms with E-state index in [9.17, 15) is 0 Å². The molecule has 8 heteroatoms. The van der Waals surface area contributed by atoms with Gasteiger partial charge in [-0.05, 0) is 38.8 Å². The lowest BCUT2D eigenvalue weighted by molar-refractivity contribution is 0.0135. The van der Waals surface area contributed by atoms with E-state index in [1.165, 1.54) is 6.42 Å². The number of unbranched alkanes of at least 4 members (excludes halogenated alkanes) is 1. The van der Waals surface area contributed by atoms with Crippen LogP contribution < -0.4 is 10.6 Å². The van der Waals surface area contributed by atoms with Crippen molar-refractivity contribution in [1.29, 1.82) is 0 Å². The lowest BCUT2D eigenvalue weighted by Crippen LogP contribution is -2.42. The Hall–Kier alpha value is -0.840. The first kappa shape index (κ1) is 26.2. The maximum atomic E-state index is 5.93. The van der Waals surface area contributed by atoms with Gasteiger partial charge in [-0.3, -0.25) is 9.89 Å². The van der Waals surface area contributed by atoms with Crippen LogP contribution in [0.15, 0.2) is 21.5 Å². The maximum absolute atomic E-state index is 5.93. The van der Waals surface area contributed by atoms with Crippen LogP contribution in [0.1, 0.15) is 50.7 Å². The number of ether oxygens (including phenoxy) is 2. The summed E-state index contributed by atoms with van der Waals surface area (Å²) in [6.45, 7) is 13.5. The van der Waals surface area contributed by atoms with Crippen molar-refractivity contribution in [2.45, 2.75) is 46.1 Å². The quantitative estimate of drug-likeness (QED) is 0.190. The molecule has 1 saturated heterocycles. The number of hydrogen-bond donors (Lipinski definition) is 2. The Bertz CT molecular complexity index is 562. The second-order valence-electron chi connectivity index (χ2n) is 7.08. The molecule has 168 valence electrons. The van der Waals surface area contributed by atoms with Crippen LogP contribution in [-0.4, -0.2) is 70.0 Å². The Morgan fingerprint density at radius 1 is 1.17 bits per heavy atom. The van der Waals surface area contributed by atoms with E-state index in [1.54, 1.807) is 0 Å². The molecule has 1 fully saturated rings. The summed E-state index contributed by atoms with van der Waals surface area (Å²) in [5.74, 6) is 2.76. The molecule has 0 aliphatic carbocycles. The number of hydrogen-bond acceptors (Lipinski definition) is 5. The number of aliphatic imine (C=N–C) groups is 1. The third kappa shape index (κ3) is 10.1. The summed E-state index contributed by atoms with van der Waals surface area (Å²) in [6.07, 6.45) is 3.28. The van der Waals surface area contributed by atoms with Gasteiger partial charge in [-0.15, -0.1) is 24.0 Å². The molecule has 0 radical (unpaired) electrons. The zero-order valence-electron chi connectivity index (χ0n) is 18.2. The lowest BCUT2D eigenvalue weighted by Gasteiger charge is -2.32. The first-order valence-corrected chi connectivity index (χ1v) is 10.7. The van der Waals surface area contributed by atoms with Crippen LogP contribution in [0.2, 0.25) is 0 Å². The largest absolute Gasteiger partial charge is 0.465 e. The van der Waals surface area contributed by atoms with Crippen molar-refractivity contribution >= 4 is 29.9 Å². The fraction of sp³-hybridized carbons (Fsp3) is 0.762. The third-order valence-electron chi connectivity index (χ3n) is 4.74. The Labute approximate surface area is 193 Å². The highest BCUT2D eigenvalue weighted by Gasteiger charge is 2.25. The van der Waals surface area contributed by atoms with E-state index in [0.717, 1.165) is 82.9 Å². The van der Waals surface area contributed by atoms with E-state index in [1.807, 2.05) is 13.0 Å². The van der Waals surface area contributed by atoms with Crippen molar-refractivity contribution in [2.75, 3.05) is 59.2 Å². The van der Waals surface area contributed by atoms with E-state index in [-0.39, 0.29) is 30.0 Å². The Kier molecular flexibility index (Phi) is 14.4. The van der Waals surface area contributed by atoms with Crippen LogP contribution in [0.25, 0.3) is 0 Å². The number of halogens is 1. The molecule has 1 atom stereocenters. The first-order chi connectivity index (χ1) is 13.7. The standard InChI is InChI=1S/C21H38N4O3.HI/c1-4-6-13-26-14-7-10-23-21(22-5-2)24-17-19(20-9-8-18(3)28-20)25-11-15-27-16-12-25;/h8-9,19H,4-7,10-17H2,1-3H3,(H2,22,23,24);1H. The molecule has 1 aliphatic heterocycles. The van der Waals surface area contributed by atoms with Crippen LogP contribution in [0, 0.1) is 6.92 Å². The Balaban J connectivity index is 0.00000420. The van der Waals surface area contributed by atoms with E-state index in [0.29, 0.717) is 6.54 Å². The van der Waals surface area contributed by atoms with Crippen molar-refractivity contribution in [1.82, 2.24) is 15.5 Å². The van der Waals surface area contributed by atoms with E-state index >= 15 is 0 Å². The Morgan fingerprint density at radius 2 is 1.93 bits per heavy atom. The van der Waals surface area contributed by atoms with Gasteiger partial charge in [-0.1, -0.05) is 13.3 Å². The van der Waals surface area contributed by atoms with Gasteiger partial charge in [0, 0.05) is 39.4 Å². The van der Waals surface area contributed by atoms with Crippen molar-refractivity contribution in [3.63, 3.8) is 0 Å². The zero-order valence-corrected chi connectivity index (χ0v) is 20.6. The van der Waals surface area contributed by atoms with Gasteiger partial charge in [0.1, 0.15) is 11.5 Å². The predicted molar refractivity (Wildman–Crippen MR) is 128 cm³/mol. The van der Waals surface area contributed by atoms with Crippen LogP contribution in [0.4, 0.5) is 0 Å². The molecule has 1 unspecified atom stereocenters. The molecule has 1 aliphatic rings. The molecule has 7 nitrogen and oxygen atoms in total. The molecule has 2 rings (SSSR count). The molecule has 29 heavy (non-hydrogen) atoms. The normalized spacial score (nSPS) is 16.3. The molecule has 0 aromatic carbocycles. The summed E-state index contributed by atoms with van der Waals surface area (Å²) in [5, 5.41) is 6.74. The molecule has 2 N–H and O–H groups in total. The van der Waals surface area contributed by atoms with Crippen LogP contribution in [0.3, 0.4) is 0 Å². The lowest BCUT2D eigenvalue weighted by atomic mass is 10.1. The van der Waals surface area contributed by atoms with Gasteiger partial charge in [-0.2, -0.15) is 0 Å². The number of nitrogens with one attached hydrogen (secondary N) is 2. The fourth-order valence-electron chi connectivity index (χ4n) is 3.16. The van der Waals surface area contributed by atoms with Gasteiger partial charge in [0.05, 0.1) is 25.8 Å². The van der Waals surface area contributed by atoms with Gasteiger partial charge in [0.15, 0.2) is 5.96 Å². The average molecular weight is 522 g/mol. The van der Waals surface area contributed by atoms with Crippen LogP contribution in [-0.2, 0) is 9.47 Å². The van der Waals surface area contributed by atoms with Crippen molar-refractivity contribution in [3.05, 3.63) is 23.7 Å². The highest BCUT2D eigenvalue weighted by Crippen LogP contribution is 2.24. The summed E-state index contributed by atoms with van der Waals surface area (Å²) >= 11 is 0. The smallest absolute Gasteiger partial charge is 0.191 e. The second-order valence-corrected chi connectivity index (χ2v) is 7.08. The minimum atomic E-state index is 0. The van der Waals surface area contributed by atoms with Crippen molar-refractivity contribution in [3.8, 4) is 0 Å². The van der Waals surface area contributed by atoms with Gasteiger partial charge >= 0.3 is 0 Å². The van der Waals surface area contributed by atoms with Gasteiger partial charge in [0.25, 0.3) is 0 Å². The number of rotatable bonds is 12. The Morgan fingerprint density at radius 3 is 2.59 bits per heavy atom. The molecule has 0 amide bonds. The maximum Gasteiger partial charge on any atom is 0.191 e. The van der Waals surface area contributed by atoms with Crippen LogP contribution >= 0.6 is 24.0 Å². The topological polar surface area (TPSA) is 71.3 Å². The summed E-state index contributed by atoms with van der Waals surface area (Å²) < 4.78 is 17.1. The molecule has 0 saturated carbocycles. The molecular formula is C21H39IN4O3. The fourth-order valence-corrected chi connectivity index (χ4v) is 3.16. The third-order valence-corrected chi connectivity index (χ3v) is 4.74. The second kappa shape index (κ2) is 15.9. The molecule has 1 aromatic rings. The monoisotopic (exact) mass is 522 g/mol. The molecule has 0 bridgehead atoms. The van der Waals surface area contributed by atoms with Gasteiger partial charge in [0.2, 0.25) is 0 Å². The predicted octanol–water partition coefficient (Wildman–Crippen LogP) is 3.34. The average Bonchev–Trinajstić information content (AvgIpc) is 3.14. The van der Waals surface area contributed by atoms with E-state index in [4.69, 9.17) is 18.9 Å². The summed E-state index contributed by atoms with van der Waals surface area (Å²) in [4.78, 5) is 7.23. The highest BCUT2D eigenvalue weighted by atomic mass is 127. The van der Waals surface area contributed by atoms with Crippen LogP contribution in [0.5, 0.6) is 0 Å². The first-order valence-electron chi connectivity index (χ1n) is 10.7. The van der Waals surface area contributed by atoms with E-state index < -0.39 is 0 Å². The number of morpholine rings is 1. The van der Waals surface area contributed by atoms with Crippen molar-refractivity contribution in [2.24, 2.45) is 4.99 Å². The van der Waals surface area contributed by atoms with Gasteiger partial charge in [-0.25, -0.2) is 0 Å². The molecule has 1 aromatic heterocycles. The number of nitrogens with zero attached hydrogens (tertiary/aromatic N) is 2. The summed E-state index contributed by atoms with van der Waals surface area (Å²) in [5.41, 5.74) is 0. The number of guanidine groups is 1. The molecule has 0 spiro atoms. The van der Waals surface area contributed by atoms with Gasteiger partial charge < -0.3 is 24.5 Å². The number of furan rings is 1. The molecular weight excluding hydrogens is 483 g/mol. The minimum Gasteiger partial charge on any atom is -0.465 e. The summed E-state index contributed by atoms with van der Waals surface area (Å²) in [7, 11) is 0. The van der Waals surface area contributed by atoms with E-state index in [2.05, 4.69) is 35.4 Å². The summed E-state index contributed by atoms with van der Waals surface area (Å²) in [6, 6.07) is 4.22. The van der Waals surface area contributed by atoms with Crippen molar-refractivity contribution < 1.29 is 13.9 Å².